The van der Waals surface area contributed by atoms with Crippen molar-refractivity contribution in [2.75, 3.05) is 25.1 Å². The van der Waals surface area contributed by atoms with Crippen LogP contribution >= 0.6 is 0 Å². The summed E-state index contributed by atoms with van der Waals surface area (Å²) in [5, 5.41) is 0. The number of fused-ring (bicyclic) bond motifs is 1. The number of methoxy groups -OCH3 is 1. The number of halogens is 1. The van der Waals surface area contributed by atoms with Crippen LogP contribution in [0.4, 0.5) is 10.2 Å². The van der Waals surface area contributed by atoms with Crippen LogP contribution in [0, 0.1) is 11.2 Å². The SMILES string of the molecule is COc1ccc(C2=C(C)N=C(C3(C)CCN(c4ncnc5c4C=C(c4ccc(F)cc4)C5)CC3)C2)cc1. The van der Waals surface area contributed by atoms with Gasteiger partial charge in [0.25, 0.3) is 0 Å². The minimum absolute atomic E-state index is 0.0668. The Kier molecular flexibility index (Phi) is 5.90. The van der Waals surface area contributed by atoms with Crippen molar-refractivity contribution in [1.29, 1.82) is 0 Å². The number of piperidine rings is 1. The van der Waals surface area contributed by atoms with E-state index in [1.54, 1.807) is 13.4 Å². The number of rotatable bonds is 5. The van der Waals surface area contributed by atoms with Crippen LogP contribution in [-0.4, -0.2) is 35.9 Å². The summed E-state index contributed by atoms with van der Waals surface area (Å²) >= 11 is 0. The number of nitrogens with zero attached hydrogens (tertiary/aromatic N) is 4. The molecule has 0 radical (unpaired) electrons. The predicted octanol–water partition coefficient (Wildman–Crippen LogP) is 6.60. The highest BCUT2D eigenvalue weighted by Gasteiger charge is 2.38. The number of hydrogen-bond donors (Lipinski definition) is 0. The van der Waals surface area contributed by atoms with E-state index < -0.39 is 0 Å². The molecule has 1 fully saturated rings. The topological polar surface area (TPSA) is 50.6 Å². The molecule has 0 spiro atoms. The summed E-state index contributed by atoms with van der Waals surface area (Å²) in [6, 6.07) is 15.0. The fraction of sp³-hybridized carbons (Fsp3) is 0.323. The molecule has 1 aromatic heterocycles. The smallest absolute Gasteiger partial charge is 0.139 e. The van der Waals surface area contributed by atoms with Gasteiger partial charge in [0.15, 0.2) is 0 Å². The second-order valence-corrected chi connectivity index (χ2v) is 10.5. The first-order valence-corrected chi connectivity index (χ1v) is 12.9. The maximum absolute atomic E-state index is 13.4. The van der Waals surface area contributed by atoms with Crippen molar-refractivity contribution in [3.63, 3.8) is 0 Å². The van der Waals surface area contributed by atoms with Gasteiger partial charge >= 0.3 is 0 Å². The van der Waals surface area contributed by atoms with Gasteiger partial charge in [-0.2, -0.15) is 0 Å². The van der Waals surface area contributed by atoms with Crippen molar-refractivity contribution in [1.82, 2.24) is 9.97 Å². The lowest BCUT2D eigenvalue weighted by Gasteiger charge is -2.40. The number of aliphatic imine (C=N–C) groups is 1. The Hall–Kier alpha value is -3.80. The number of ether oxygens (including phenoxy) is 1. The highest BCUT2D eigenvalue weighted by molar-refractivity contribution is 6.03. The molecule has 0 unspecified atom stereocenters. The molecule has 0 N–H and O–H groups in total. The number of benzene rings is 2. The van der Waals surface area contributed by atoms with Crippen molar-refractivity contribution in [2.45, 2.75) is 39.5 Å². The molecule has 2 aliphatic heterocycles. The second kappa shape index (κ2) is 9.25. The Morgan fingerprint density at radius 3 is 2.32 bits per heavy atom. The minimum Gasteiger partial charge on any atom is -0.497 e. The summed E-state index contributed by atoms with van der Waals surface area (Å²) in [6.45, 7) is 6.34. The summed E-state index contributed by atoms with van der Waals surface area (Å²) in [7, 11) is 1.69. The van der Waals surface area contributed by atoms with Gasteiger partial charge in [-0.3, -0.25) is 4.99 Å². The molecular weight excluding hydrogens is 463 g/mol. The van der Waals surface area contributed by atoms with E-state index in [0.29, 0.717) is 0 Å². The molecule has 2 aromatic carbocycles. The Morgan fingerprint density at radius 2 is 1.62 bits per heavy atom. The van der Waals surface area contributed by atoms with Crippen LogP contribution in [0.25, 0.3) is 17.2 Å². The molecule has 5 nitrogen and oxygen atoms in total. The first-order chi connectivity index (χ1) is 17.9. The minimum atomic E-state index is -0.218. The van der Waals surface area contributed by atoms with Crippen molar-refractivity contribution in [2.24, 2.45) is 10.4 Å². The fourth-order valence-electron chi connectivity index (χ4n) is 5.77. The monoisotopic (exact) mass is 494 g/mol. The zero-order valence-electron chi connectivity index (χ0n) is 21.6. The molecule has 6 heteroatoms. The average Bonchev–Trinajstić information content (AvgIpc) is 3.54. The number of hydrogen-bond acceptors (Lipinski definition) is 5. The lowest BCUT2D eigenvalue weighted by molar-refractivity contribution is 0.351. The van der Waals surface area contributed by atoms with Crippen LogP contribution in [0.5, 0.6) is 5.75 Å². The van der Waals surface area contributed by atoms with E-state index in [0.717, 1.165) is 78.4 Å². The largest absolute Gasteiger partial charge is 0.497 e. The van der Waals surface area contributed by atoms with E-state index in [-0.39, 0.29) is 11.2 Å². The van der Waals surface area contributed by atoms with E-state index >= 15 is 0 Å². The molecule has 37 heavy (non-hydrogen) atoms. The maximum atomic E-state index is 13.4. The van der Waals surface area contributed by atoms with Crippen LogP contribution in [0.15, 0.2) is 65.5 Å². The van der Waals surface area contributed by atoms with Crippen LogP contribution < -0.4 is 9.64 Å². The Balaban J connectivity index is 1.16. The summed E-state index contributed by atoms with van der Waals surface area (Å²) in [6.07, 6.45) is 7.57. The van der Waals surface area contributed by atoms with Gasteiger partial charge in [0.05, 0.1) is 12.8 Å². The highest BCUT2D eigenvalue weighted by atomic mass is 19.1. The van der Waals surface area contributed by atoms with Gasteiger partial charge in [-0.15, -0.1) is 0 Å². The molecule has 0 atom stereocenters. The van der Waals surface area contributed by atoms with Gasteiger partial charge < -0.3 is 9.64 Å². The Labute approximate surface area is 217 Å². The Bertz CT molecular complexity index is 1430. The zero-order valence-corrected chi connectivity index (χ0v) is 21.6. The van der Waals surface area contributed by atoms with Gasteiger partial charge in [-0.05, 0) is 72.4 Å². The van der Waals surface area contributed by atoms with Crippen LogP contribution in [0.3, 0.4) is 0 Å². The molecule has 0 bridgehead atoms. The van der Waals surface area contributed by atoms with Crippen molar-refractivity contribution >= 4 is 28.8 Å². The highest BCUT2D eigenvalue weighted by Crippen LogP contribution is 2.43. The maximum Gasteiger partial charge on any atom is 0.139 e. The van der Waals surface area contributed by atoms with Gasteiger partial charge in [-0.1, -0.05) is 31.2 Å². The molecule has 3 heterocycles. The van der Waals surface area contributed by atoms with Gasteiger partial charge in [-0.25, -0.2) is 14.4 Å². The average molecular weight is 495 g/mol. The van der Waals surface area contributed by atoms with Crippen LogP contribution in [0.2, 0.25) is 0 Å². The van der Waals surface area contributed by atoms with Gasteiger partial charge in [0.1, 0.15) is 23.7 Å². The molecule has 6 rings (SSSR count). The fourth-order valence-corrected chi connectivity index (χ4v) is 5.77. The number of anilines is 1. The standard InChI is InChI=1S/C31H31FN4O/c1-20-26(22-6-10-25(37-3)11-7-22)18-29(35-20)31(2)12-14-36(15-13-31)30-27-16-23(17-28(27)33-19-34-30)21-4-8-24(32)9-5-21/h4-11,16,19H,12-15,17-18H2,1-3H3. The van der Waals surface area contributed by atoms with Crippen molar-refractivity contribution < 1.29 is 9.13 Å². The molecule has 0 amide bonds. The zero-order chi connectivity index (χ0) is 25.6. The third-order valence-electron chi connectivity index (χ3n) is 8.22. The first-order valence-electron chi connectivity index (χ1n) is 12.9. The number of allylic oxidation sites excluding steroid dienone is 3. The predicted molar refractivity (Wildman–Crippen MR) is 147 cm³/mol. The molecule has 3 aromatic rings. The molecular formula is C31H31FN4O. The summed E-state index contributed by atoms with van der Waals surface area (Å²) in [4.78, 5) is 16.7. The molecule has 0 saturated carbocycles. The van der Waals surface area contributed by atoms with Crippen molar-refractivity contribution in [3.05, 3.63) is 88.8 Å². The van der Waals surface area contributed by atoms with Gasteiger partial charge in [0.2, 0.25) is 0 Å². The molecule has 1 saturated heterocycles. The quantitative estimate of drug-likeness (QED) is 0.401. The third-order valence-corrected chi connectivity index (χ3v) is 8.22. The van der Waals surface area contributed by atoms with Crippen LogP contribution in [-0.2, 0) is 6.42 Å². The number of aromatic nitrogens is 2. The Morgan fingerprint density at radius 1 is 0.919 bits per heavy atom. The second-order valence-electron chi connectivity index (χ2n) is 10.5. The summed E-state index contributed by atoms with van der Waals surface area (Å²) in [5.74, 6) is 1.66. The van der Waals surface area contributed by atoms with Gasteiger partial charge in [0, 0.05) is 48.3 Å². The van der Waals surface area contributed by atoms with E-state index in [4.69, 9.17) is 14.7 Å². The van der Waals surface area contributed by atoms with E-state index in [9.17, 15) is 4.39 Å². The van der Waals surface area contributed by atoms with E-state index in [1.165, 1.54) is 29.0 Å². The molecule has 1 aliphatic carbocycles. The first kappa shape index (κ1) is 23.6. The van der Waals surface area contributed by atoms with E-state index in [2.05, 4.69) is 41.9 Å². The summed E-state index contributed by atoms with van der Waals surface area (Å²) < 4.78 is 18.7. The van der Waals surface area contributed by atoms with E-state index in [1.807, 2.05) is 24.3 Å². The lowest BCUT2D eigenvalue weighted by atomic mass is 9.74. The molecule has 3 aliphatic rings. The lowest BCUT2D eigenvalue weighted by Crippen LogP contribution is -2.43. The third kappa shape index (κ3) is 4.35. The van der Waals surface area contributed by atoms with Crippen LogP contribution in [0.1, 0.15) is 55.5 Å². The normalized spacial score (nSPS) is 18.5. The molecule has 188 valence electrons. The summed E-state index contributed by atoms with van der Waals surface area (Å²) in [5.41, 5.74) is 9.35. The van der Waals surface area contributed by atoms with Crippen molar-refractivity contribution in [3.8, 4) is 5.75 Å².